The number of anilines is 1. The van der Waals surface area contributed by atoms with E-state index in [4.69, 9.17) is 14.5 Å². The van der Waals surface area contributed by atoms with Gasteiger partial charge in [-0.05, 0) is 56.5 Å². The molecule has 1 amide bonds. The first-order chi connectivity index (χ1) is 20.9. The number of hydrogen-bond acceptors (Lipinski definition) is 11. The molecule has 44 heavy (non-hydrogen) atoms. The first-order valence-corrected chi connectivity index (χ1v) is 14.7. The largest absolute Gasteiger partial charge is 0.462 e. The standard InChI is InChI=1S/C28H35N5O8S.C2H6/c1-7-12-29-28(36)40-15-23-30-20-13-16(2)24(27(35)39-14-17(3)19(5)41-33(37)38)18(4)25(20)26(34)32(23)22-11-9-8-10-21(22)31(6)42;1-2/h8-11,13,17,19,42H,7,12,14-15H2,1-6H3,(H,29,36);1-2H3. The number of aryl methyl sites for hydroxylation is 2. The number of nitrogens with one attached hydrogen (secondary N) is 1. The Morgan fingerprint density at radius 3 is 2.45 bits per heavy atom. The number of aromatic nitrogens is 2. The van der Waals surface area contributed by atoms with Crippen molar-refractivity contribution in [2.75, 3.05) is 24.5 Å². The van der Waals surface area contributed by atoms with Gasteiger partial charge < -0.3 is 23.9 Å². The van der Waals surface area contributed by atoms with Crippen molar-refractivity contribution in [3.05, 3.63) is 73.3 Å². The number of esters is 1. The Bertz CT molecular complexity index is 1540. The number of hydrogen-bond donors (Lipinski definition) is 2. The van der Waals surface area contributed by atoms with Crippen molar-refractivity contribution in [1.82, 2.24) is 14.9 Å². The number of thiol groups is 1. The molecule has 2 atom stereocenters. The summed E-state index contributed by atoms with van der Waals surface area (Å²) in [5.74, 6) is -0.982. The summed E-state index contributed by atoms with van der Waals surface area (Å²) in [7, 11) is 1.71. The predicted octanol–water partition coefficient (Wildman–Crippen LogP) is 5.34. The summed E-state index contributed by atoms with van der Waals surface area (Å²) in [4.78, 5) is 59.5. The van der Waals surface area contributed by atoms with Gasteiger partial charge in [-0.3, -0.25) is 9.36 Å². The van der Waals surface area contributed by atoms with E-state index in [0.29, 0.717) is 34.6 Å². The molecule has 0 spiro atoms. The second kappa shape index (κ2) is 16.5. The van der Waals surface area contributed by atoms with Gasteiger partial charge in [0.05, 0.1) is 34.4 Å². The second-order valence-corrected chi connectivity index (χ2v) is 10.5. The van der Waals surface area contributed by atoms with Gasteiger partial charge in [0.25, 0.3) is 10.6 Å². The molecule has 13 nitrogen and oxygen atoms in total. The average molecular weight is 632 g/mol. The van der Waals surface area contributed by atoms with Gasteiger partial charge in [-0.1, -0.05) is 52.6 Å². The fourth-order valence-corrected chi connectivity index (χ4v) is 4.56. The summed E-state index contributed by atoms with van der Waals surface area (Å²) in [5, 5.41) is 12.6. The minimum atomic E-state index is -0.890. The smallest absolute Gasteiger partial charge is 0.407 e. The molecule has 0 aliphatic heterocycles. The highest BCUT2D eigenvalue weighted by Gasteiger charge is 2.25. The number of carbonyl (C=O) groups excluding carboxylic acids is 2. The van der Waals surface area contributed by atoms with Crippen molar-refractivity contribution >= 4 is 41.5 Å². The number of nitrogens with zero attached hydrogens (tertiary/aromatic N) is 4. The van der Waals surface area contributed by atoms with Crippen LogP contribution >= 0.6 is 12.8 Å². The maximum absolute atomic E-state index is 14.2. The normalized spacial score (nSPS) is 11.9. The van der Waals surface area contributed by atoms with Crippen LogP contribution in [-0.4, -0.2) is 53.0 Å². The van der Waals surface area contributed by atoms with Crippen molar-refractivity contribution in [3.8, 4) is 5.69 Å². The highest BCUT2D eigenvalue weighted by Crippen LogP contribution is 2.28. The lowest BCUT2D eigenvalue weighted by Gasteiger charge is -2.21. The third-order valence-electron chi connectivity index (χ3n) is 6.74. The number of alkyl carbamates (subject to hydrolysis) is 1. The number of rotatable bonds is 12. The van der Waals surface area contributed by atoms with Crippen LogP contribution in [0.15, 0.2) is 35.1 Å². The zero-order chi connectivity index (χ0) is 33.1. The lowest BCUT2D eigenvalue weighted by atomic mass is 9.98. The topological polar surface area (TPSA) is 155 Å². The van der Waals surface area contributed by atoms with Crippen molar-refractivity contribution in [1.29, 1.82) is 0 Å². The Morgan fingerprint density at radius 2 is 1.84 bits per heavy atom. The van der Waals surface area contributed by atoms with Crippen molar-refractivity contribution in [2.45, 2.75) is 67.6 Å². The minimum Gasteiger partial charge on any atom is -0.462 e. The van der Waals surface area contributed by atoms with Gasteiger partial charge in [-0.2, -0.15) is 0 Å². The molecular formula is C30H41N5O8S. The molecule has 0 aliphatic carbocycles. The van der Waals surface area contributed by atoms with Crippen molar-refractivity contribution in [2.24, 2.45) is 5.92 Å². The molecule has 0 saturated carbocycles. The van der Waals surface area contributed by atoms with Gasteiger partial charge in [-0.25, -0.2) is 14.6 Å². The summed E-state index contributed by atoms with van der Waals surface area (Å²) in [6.07, 6.45) is -0.712. The number of fused-ring (bicyclic) bond motifs is 1. The molecule has 0 fully saturated rings. The molecular weight excluding hydrogens is 590 g/mol. The van der Waals surface area contributed by atoms with E-state index in [1.807, 2.05) is 20.8 Å². The first-order valence-electron chi connectivity index (χ1n) is 14.3. The molecule has 1 aromatic heterocycles. The van der Waals surface area contributed by atoms with Crippen LogP contribution in [0.25, 0.3) is 16.6 Å². The number of para-hydroxylation sites is 2. The van der Waals surface area contributed by atoms with Gasteiger partial charge >= 0.3 is 12.1 Å². The van der Waals surface area contributed by atoms with Crippen LogP contribution in [-0.2, 0) is 20.9 Å². The van der Waals surface area contributed by atoms with Crippen LogP contribution < -0.4 is 15.2 Å². The predicted molar refractivity (Wildman–Crippen MR) is 171 cm³/mol. The van der Waals surface area contributed by atoms with Crippen LogP contribution in [0.5, 0.6) is 0 Å². The van der Waals surface area contributed by atoms with E-state index in [9.17, 15) is 24.5 Å². The molecule has 3 rings (SSSR count). The number of benzene rings is 2. The summed E-state index contributed by atoms with van der Waals surface area (Å²) < 4.78 is 13.7. The molecule has 0 radical (unpaired) electrons. The lowest BCUT2D eigenvalue weighted by molar-refractivity contribution is -0.769. The van der Waals surface area contributed by atoms with Crippen LogP contribution in [0.1, 0.15) is 68.3 Å². The molecule has 0 bridgehead atoms. The van der Waals surface area contributed by atoms with Crippen molar-refractivity contribution in [3.63, 3.8) is 0 Å². The molecule has 1 heterocycles. The van der Waals surface area contributed by atoms with Gasteiger partial charge in [0.1, 0.15) is 6.10 Å². The average Bonchev–Trinajstić information content (AvgIpc) is 2.98. The van der Waals surface area contributed by atoms with E-state index in [1.54, 1.807) is 62.5 Å². The molecule has 2 aromatic carbocycles. The van der Waals surface area contributed by atoms with Crippen LogP contribution in [0.2, 0.25) is 0 Å². The summed E-state index contributed by atoms with van der Waals surface area (Å²) in [6, 6.07) is 8.63. The molecule has 0 saturated heterocycles. The quantitative estimate of drug-likeness (QED) is 0.116. The third kappa shape index (κ3) is 8.62. The maximum atomic E-state index is 14.2. The number of amides is 1. The van der Waals surface area contributed by atoms with Crippen LogP contribution in [0.3, 0.4) is 0 Å². The molecule has 3 aromatic rings. The van der Waals surface area contributed by atoms with E-state index in [2.05, 4.69) is 23.0 Å². The first kappa shape index (κ1) is 35.9. The third-order valence-corrected chi connectivity index (χ3v) is 6.95. The zero-order valence-electron chi connectivity index (χ0n) is 26.4. The van der Waals surface area contributed by atoms with Crippen LogP contribution in [0.4, 0.5) is 10.5 Å². The van der Waals surface area contributed by atoms with E-state index >= 15 is 0 Å². The van der Waals surface area contributed by atoms with E-state index in [0.717, 1.165) is 6.42 Å². The Hall–Kier alpha value is -4.33. The highest BCUT2D eigenvalue weighted by atomic mass is 32.1. The van der Waals surface area contributed by atoms with Gasteiger partial charge in [0.15, 0.2) is 12.4 Å². The molecule has 240 valence electrons. The van der Waals surface area contributed by atoms with Crippen LogP contribution in [0, 0.1) is 29.9 Å². The maximum Gasteiger partial charge on any atom is 0.407 e. The Kier molecular flexibility index (Phi) is 13.4. The summed E-state index contributed by atoms with van der Waals surface area (Å²) in [6.45, 7) is 12.4. The Labute approximate surface area is 262 Å². The van der Waals surface area contributed by atoms with Gasteiger partial charge in [-0.15, -0.1) is 10.1 Å². The van der Waals surface area contributed by atoms with Crippen molar-refractivity contribution < 1.29 is 29.0 Å². The summed E-state index contributed by atoms with van der Waals surface area (Å²) in [5.41, 5.74) is 1.92. The summed E-state index contributed by atoms with van der Waals surface area (Å²) >= 11 is 4.42. The number of carbonyl (C=O) groups is 2. The Balaban J connectivity index is 0.00000330. The SMILES string of the molecule is CC.CCCNC(=O)OCc1nc2cc(C)c(C(=O)OCC(C)C(C)O[N+](=O)[O-])c(C)c2c(=O)n1-c1ccccc1N(C)S. The molecule has 1 N–H and O–H groups in total. The molecule has 14 heteroatoms. The molecule has 2 unspecified atom stereocenters. The lowest BCUT2D eigenvalue weighted by Crippen LogP contribution is -2.29. The monoisotopic (exact) mass is 631 g/mol. The number of ether oxygens (including phenoxy) is 2. The second-order valence-electron chi connectivity index (χ2n) is 9.88. The van der Waals surface area contributed by atoms with Gasteiger partial charge in [0, 0.05) is 19.5 Å². The van der Waals surface area contributed by atoms with E-state index < -0.39 is 34.7 Å². The fraction of sp³-hybridized carbons (Fsp3) is 0.467. The zero-order valence-corrected chi connectivity index (χ0v) is 27.3. The minimum absolute atomic E-state index is 0.134. The highest BCUT2D eigenvalue weighted by molar-refractivity contribution is 7.81. The Morgan fingerprint density at radius 1 is 1.18 bits per heavy atom. The van der Waals surface area contributed by atoms with Gasteiger partial charge in [0.2, 0.25) is 0 Å². The fourth-order valence-electron chi connectivity index (χ4n) is 4.39. The van der Waals surface area contributed by atoms with E-state index in [1.165, 1.54) is 11.5 Å². The molecule has 0 aliphatic rings. The van der Waals surface area contributed by atoms with E-state index in [-0.39, 0.29) is 30.0 Å².